The Labute approximate surface area is 147 Å². The Kier molecular flexibility index (Phi) is 6.23. The first-order chi connectivity index (χ1) is 11.3. The molecule has 23 heavy (non-hydrogen) atoms. The molecule has 0 N–H and O–H groups in total. The largest absolute Gasteiger partial charge is 0.286 e. The molecular weight excluding hydrogens is 320 g/mol. The van der Waals surface area contributed by atoms with Crippen LogP contribution in [0.15, 0.2) is 70.5 Å². The van der Waals surface area contributed by atoms with Crippen molar-refractivity contribution in [3.05, 3.63) is 60.7 Å². The zero-order valence-electron chi connectivity index (χ0n) is 13.2. The van der Waals surface area contributed by atoms with E-state index in [0.29, 0.717) is 11.0 Å². The van der Waals surface area contributed by atoms with Crippen LogP contribution in [0.4, 0.5) is 0 Å². The van der Waals surface area contributed by atoms with Crippen LogP contribution in [-0.4, -0.2) is 10.4 Å². The summed E-state index contributed by atoms with van der Waals surface area (Å²) in [6.45, 7) is 0. The minimum atomic E-state index is 0.0582. The first-order valence-corrected chi connectivity index (χ1v) is 10.0. The molecule has 0 amide bonds. The van der Waals surface area contributed by atoms with Gasteiger partial charge in [-0.25, -0.2) is 0 Å². The van der Waals surface area contributed by atoms with Crippen LogP contribution in [0.25, 0.3) is 0 Å². The summed E-state index contributed by atoms with van der Waals surface area (Å²) in [6, 6.07) is 20.4. The molecule has 1 aliphatic rings. The normalized spacial score (nSPS) is 16.9. The van der Waals surface area contributed by atoms with E-state index in [4.69, 9.17) is 0 Å². The maximum absolute atomic E-state index is 13.0. The van der Waals surface area contributed by atoms with Crippen molar-refractivity contribution < 1.29 is 4.79 Å². The fraction of sp³-hybridized carbons (Fsp3) is 0.350. The molecule has 0 aromatic heterocycles. The summed E-state index contributed by atoms with van der Waals surface area (Å²) in [5, 5.41) is 0.361. The maximum Gasteiger partial charge on any atom is 0.207 e. The Morgan fingerprint density at radius 2 is 1.39 bits per heavy atom. The molecule has 0 aliphatic heterocycles. The number of hydrogen-bond acceptors (Lipinski definition) is 3. The van der Waals surface area contributed by atoms with Crippen LogP contribution in [-0.2, 0) is 4.79 Å². The van der Waals surface area contributed by atoms with Crippen molar-refractivity contribution in [1.82, 2.24) is 0 Å². The maximum atomic E-state index is 13.0. The van der Waals surface area contributed by atoms with E-state index < -0.39 is 0 Å². The van der Waals surface area contributed by atoms with E-state index in [1.165, 1.54) is 48.8 Å². The number of thioether (sulfide) groups is 2. The van der Waals surface area contributed by atoms with Gasteiger partial charge in [0, 0.05) is 9.79 Å². The predicted octanol–water partition coefficient (Wildman–Crippen LogP) is 6.05. The molecule has 0 bridgehead atoms. The van der Waals surface area contributed by atoms with Gasteiger partial charge in [-0.3, -0.25) is 4.79 Å². The Hall–Kier alpha value is -1.19. The molecule has 3 rings (SSSR count). The van der Waals surface area contributed by atoms with Crippen LogP contribution in [0, 0.1) is 5.92 Å². The van der Waals surface area contributed by atoms with Crippen LogP contribution in [0.2, 0.25) is 0 Å². The molecule has 1 atom stereocenters. The lowest BCUT2D eigenvalue weighted by Crippen LogP contribution is -2.26. The van der Waals surface area contributed by atoms with E-state index in [1.54, 1.807) is 11.8 Å². The third kappa shape index (κ3) is 4.89. The molecule has 3 heteroatoms. The summed E-state index contributed by atoms with van der Waals surface area (Å²) in [6.07, 6.45) is 6.22. The first kappa shape index (κ1) is 16.7. The molecule has 0 radical (unpaired) electrons. The topological polar surface area (TPSA) is 17.1 Å². The second-order valence-corrected chi connectivity index (χ2v) is 8.28. The quantitative estimate of drug-likeness (QED) is 0.616. The first-order valence-electron chi connectivity index (χ1n) is 8.31. The molecular formula is C20H22OS2. The lowest BCUT2D eigenvalue weighted by Gasteiger charge is -2.28. The molecule has 1 fully saturated rings. The monoisotopic (exact) mass is 342 g/mol. The average Bonchev–Trinajstić information content (AvgIpc) is 2.62. The molecule has 1 unspecified atom stereocenters. The summed E-state index contributed by atoms with van der Waals surface area (Å²) in [5.74, 6) is 0.512. The van der Waals surface area contributed by atoms with E-state index in [-0.39, 0.29) is 5.25 Å². The van der Waals surface area contributed by atoms with Crippen molar-refractivity contribution in [2.75, 3.05) is 0 Å². The molecule has 0 saturated heterocycles. The molecule has 2 aromatic rings. The van der Waals surface area contributed by atoms with Gasteiger partial charge in [0.25, 0.3) is 0 Å². The fourth-order valence-electron chi connectivity index (χ4n) is 3.08. The minimum absolute atomic E-state index is 0.0582. The number of hydrogen-bond donors (Lipinski definition) is 0. The van der Waals surface area contributed by atoms with E-state index >= 15 is 0 Å². The zero-order chi connectivity index (χ0) is 15.9. The van der Waals surface area contributed by atoms with E-state index in [9.17, 15) is 4.79 Å². The zero-order valence-corrected chi connectivity index (χ0v) is 14.8. The lowest BCUT2D eigenvalue weighted by molar-refractivity contribution is -0.111. The van der Waals surface area contributed by atoms with Crippen LogP contribution in [0.5, 0.6) is 0 Å². The molecule has 0 spiro atoms. The molecule has 2 aromatic carbocycles. The number of benzene rings is 2. The molecule has 1 nitrogen and oxygen atoms in total. The van der Waals surface area contributed by atoms with Crippen molar-refractivity contribution in [3.8, 4) is 0 Å². The average molecular weight is 343 g/mol. The van der Waals surface area contributed by atoms with Gasteiger partial charge in [-0.15, -0.1) is 11.8 Å². The Balaban J connectivity index is 1.74. The van der Waals surface area contributed by atoms with Crippen molar-refractivity contribution in [1.29, 1.82) is 0 Å². The van der Waals surface area contributed by atoms with E-state index in [0.717, 1.165) is 4.90 Å². The second kappa shape index (κ2) is 8.60. The number of rotatable bonds is 5. The van der Waals surface area contributed by atoms with Crippen LogP contribution < -0.4 is 0 Å². The van der Waals surface area contributed by atoms with Gasteiger partial charge in [0.15, 0.2) is 0 Å². The Morgan fingerprint density at radius 3 is 2.00 bits per heavy atom. The third-order valence-corrected chi connectivity index (χ3v) is 6.79. The summed E-state index contributed by atoms with van der Waals surface area (Å²) in [7, 11) is 0. The highest BCUT2D eigenvalue weighted by molar-refractivity contribution is 8.16. The summed E-state index contributed by atoms with van der Waals surface area (Å²) >= 11 is 3.16. The van der Waals surface area contributed by atoms with Gasteiger partial charge in [-0.2, -0.15) is 0 Å². The van der Waals surface area contributed by atoms with Gasteiger partial charge in [0.1, 0.15) is 0 Å². The smallest absolute Gasteiger partial charge is 0.207 e. The predicted molar refractivity (Wildman–Crippen MR) is 100.0 cm³/mol. The highest BCUT2D eigenvalue weighted by Crippen LogP contribution is 2.39. The fourth-order valence-corrected chi connectivity index (χ4v) is 5.37. The summed E-state index contributed by atoms with van der Waals surface area (Å²) in [4.78, 5) is 15.2. The number of carbonyl (C=O) groups excluding carboxylic acids is 1. The summed E-state index contributed by atoms with van der Waals surface area (Å²) < 4.78 is 0. The van der Waals surface area contributed by atoms with Crippen molar-refractivity contribution in [2.24, 2.45) is 5.92 Å². The van der Waals surface area contributed by atoms with Crippen LogP contribution in [0.3, 0.4) is 0 Å². The second-order valence-electron chi connectivity index (χ2n) is 5.98. The lowest BCUT2D eigenvalue weighted by atomic mass is 9.87. The number of carbonyl (C=O) groups is 1. The Bertz CT molecular complexity index is 606. The van der Waals surface area contributed by atoms with Crippen molar-refractivity contribution >= 4 is 28.6 Å². The minimum Gasteiger partial charge on any atom is -0.286 e. The van der Waals surface area contributed by atoms with E-state index in [1.807, 2.05) is 36.4 Å². The highest BCUT2D eigenvalue weighted by Gasteiger charge is 2.30. The van der Waals surface area contributed by atoms with Crippen LogP contribution >= 0.6 is 23.5 Å². The Morgan fingerprint density at radius 1 is 0.826 bits per heavy atom. The summed E-state index contributed by atoms with van der Waals surface area (Å²) in [5.41, 5.74) is 0. The highest BCUT2D eigenvalue weighted by atomic mass is 32.2. The van der Waals surface area contributed by atoms with Gasteiger partial charge in [0.05, 0.1) is 5.25 Å². The van der Waals surface area contributed by atoms with E-state index in [2.05, 4.69) is 24.3 Å². The van der Waals surface area contributed by atoms with Crippen molar-refractivity contribution in [2.45, 2.75) is 47.1 Å². The van der Waals surface area contributed by atoms with Gasteiger partial charge < -0.3 is 0 Å². The van der Waals surface area contributed by atoms with Crippen molar-refractivity contribution in [3.63, 3.8) is 0 Å². The SMILES string of the molecule is O=C(Sc1ccccc1)C(Sc1ccccc1)C1CCCCC1. The molecule has 0 heterocycles. The third-order valence-electron chi connectivity index (χ3n) is 4.28. The van der Waals surface area contributed by atoms with Gasteiger partial charge in [-0.1, -0.05) is 67.4 Å². The van der Waals surface area contributed by atoms with Crippen LogP contribution in [0.1, 0.15) is 32.1 Å². The molecule has 1 saturated carbocycles. The van der Waals surface area contributed by atoms with Gasteiger partial charge >= 0.3 is 0 Å². The van der Waals surface area contributed by atoms with Gasteiger partial charge in [0.2, 0.25) is 5.12 Å². The standard InChI is InChI=1S/C20H22OS2/c21-20(23-18-14-8-3-9-15-18)19(16-10-4-1-5-11-16)22-17-12-6-2-7-13-17/h2-3,6-9,12-16,19H,1,4-5,10-11H2. The molecule has 1 aliphatic carbocycles. The molecule has 120 valence electrons. The van der Waals surface area contributed by atoms with Gasteiger partial charge in [-0.05, 0) is 43.0 Å².